The summed E-state index contributed by atoms with van der Waals surface area (Å²) < 4.78 is 24.5. The van der Waals surface area contributed by atoms with Gasteiger partial charge in [-0.25, -0.2) is 8.42 Å². The van der Waals surface area contributed by atoms with E-state index in [2.05, 4.69) is 15.5 Å². The van der Waals surface area contributed by atoms with Crippen molar-refractivity contribution in [2.45, 2.75) is 18.2 Å². The second-order valence-corrected chi connectivity index (χ2v) is 6.47. The highest BCUT2D eigenvalue weighted by Gasteiger charge is 2.29. The van der Waals surface area contributed by atoms with Gasteiger partial charge in [0.15, 0.2) is 0 Å². The molecule has 19 heavy (non-hydrogen) atoms. The summed E-state index contributed by atoms with van der Waals surface area (Å²) in [6, 6.07) is 0. The van der Waals surface area contributed by atoms with E-state index in [1.807, 2.05) is 0 Å². The predicted octanol–water partition coefficient (Wildman–Crippen LogP) is -0.408. The number of nitrogens with one attached hydrogen (secondary N) is 1. The molecule has 0 atom stereocenters. The van der Waals surface area contributed by atoms with Gasteiger partial charge in [-0.1, -0.05) is 18.3 Å². The first-order chi connectivity index (χ1) is 8.77. The maximum Gasteiger partial charge on any atom is 0.318 e. The van der Waals surface area contributed by atoms with Crippen LogP contribution in [0.15, 0.2) is 4.34 Å². The zero-order valence-electron chi connectivity index (χ0n) is 10.2. The zero-order valence-corrected chi connectivity index (χ0v) is 11.8. The van der Waals surface area contributed by atoms with Crippen molar-refractivity contribution in [3.05, 3.63) is 0 Å². The minimum Gasteiger partial charge on any atom is -0.480 e. The lowest BCUT2D eigenvalue weighted by Crippen LogP contribution is -2.35. The van der Waals surface area contributed by atoms with Crippen molar-refractivity contribution in [1.29, 1.82) is 0 Å². The Morgan fingerprint density at radius 2 is 2.05 bits per heavy atom. The maximum atomic E-state index is 12.1. The highest BCUT2D eigenvalue weighted by atomic mass is 32.2. The van der Waals surface area contributed by atoms with Crippen LogP contribution in [0.3, 0.4) is 0 Å². The highest BCUT2D eigenvalue weighted by Crippen LogP contribution is 2.22. The quantitative estimate of drug-likeness (QED) is 0.683. The van der Waals surface area contributed by atoms with Crippen LogP contribution in [0.25, 0.3) is 0 Å². The lowest BCUT2D eigenvalue weighted by molar-refractivity contribution is -0.137. The van der Waals surface area contributed by atoms with Crippen LogP contribution in [0.1, 0.15) is 13.8 Å². The highest BCUT2D eigenvalue weighted by molar-refractivity contribution is 7.91. The van der Waals surface area contributed by atoms with E-state index in [-0.39, 0.29) is 16.0 Å². The molecule has 0 radical (unpaired) electrons. The largest absolute Gasteiger partial charge is 0.480 e. The molecule has 1 rings (SSSR count). The fourth-order valence-corrected chi connectivity index (χ4v) is 3.63. The fraction of sp³-hybridized carbons (Fsp3) is 0.500. The van der Waals surface area contributed by atoms with E-state index in [1.54, 1.807) is 0 Å². The van der Waals surface area contributed by atoms with Gasteiger partial charge >= 0.3 is 5.97 Å². The SMILES string of the molecule is CCN(CC(=O)O)S(=O)(=O)c1nnc(NC(C)=O)s1. The molecule has 1 aromatic rings. The van der Waals surface area contributed by atoms with Gasteiger partial charge < -0.3 is 10.4 Å². The molecule has 0 bridgehead atoms. The third-order valence-electron chi connectivity index (χ3n) is 1.91. The van der Waals surface area contributed by atoms with Crippen LogP contribution in [0.5, 0.6) is 0 Å². The van der Waals surface area contributed by atoms with Gasteiger partial charge in [0.2, 0.25) is 15.4 Å². The minimum absolute atomic E-state index is 0.0102. The van der Waals surface area contributed by atoms with Crippen molar-refractivity contribution >= 4 is 38.4 Å². The number of carboxylic acid groups (broad SMARTS) is 1. The van der Waals surface area contributed by atoms with Crippen LogP contribution < -0.4 is 5.32 Å². The normalized spacial score (nSPS) is 11.5. The van der Waals surface area contributed by atoms with Crippen LogP contribution in [-0.2, 0) is 19.6 Å². The lowest BCUT2D eigenvalue weighted by atomic mass is 10.6. The van der Waals surface area contributed by atoms with Gasteiger partial charge in [-0.15, -0.1) is 10.2 Å². The summed E-state index contributed by atoms with van der Waals surface area (Å²) in [5.74, 6) is -1.67. The molecule has 1 heterocycles. The third kappa shape index (κ3) is 3.94. The van der Waals surface area contributed by atoms with Crippen LogP contribution in [0.2, 0.25) is 0 Å². The van der Waals surface area contributed by atoms with Gasteiger partial charge in [0.25, 0.3) is 10.0 Å². The van der Waals surface area contributed by atoms with Crippen LogP contribution >= 0.6 is 11.3 Å². The Kier molecular flexibility index (Phi) is 4.91. The molecule has 106 valence electrons. The fourth-order valence-electron chi connectivity index (χ4n) is 1.14. The standard InChI is InChI=1S/C8H12N4O5S2/c1-3-12(4-6(14)15)19(16,17)8-11-10-7(18-8)9-5(2)13/h3-4H2,1-2H3,(H,14,15)(H,9,10,13). The van der Waals surface area contributed by atoms with E-state index in [0.717, 1.165) is 4.31 Å². The molecule has 0 aliphatic rings. The van der Waals surface area contributed by atoms with Gasteiger partial charge in [-0.3, -0.25) is 9.59 Å². The smallest absolute Gasteiger partial charge is 0.318 e. The topological polar surface area (TPSA) is 130 Å². The van der Waals surface area contributed by atoms with Crippen LogP contribution in [0, 0.1) is 0 Å². The Labute approximate surface area is 113 Å². The average molecular weight is 308 g/mol. The van der Waals surface area contributed by atoms with E-state index in [4.69, 9.17) is 5.11 Å². The summed E-state index contributed by atoms with van der Waals surface area (Å²) in [5.41, 5.74) is 0. The lowest BCUT2D eigenvalue weighted by Gasteiger charge is -2.15. The summed E-state index contributed by atoms with van der Waals surface area (Å²) in [6.07, 6.45) is 0. The number of aliphatic carboxylic acids is 1. The molecule has 11 heteroatoms. The van der Waals surface area contributed by atoms with Crippen LogP contribution in [-0.4, -0.2) is 53.0 Å². The van der Waals surface area contributed by atoms with Gasteiger partial charge in [0, 0.05) is 13.5 Å². The monoisotopic (exact) mass is 308 g/mol. The van der Waals surface area contributed by atoms with Crippen molar-refractivity contribution in [3.63, 3.8) is 0 Å². The summed E-state index contributed by atoms with van der Waals surface area (Å²) in [4.78, 5) is 21.4. The summed E-state index contributed by atoms with van der Waals surface area (Å²) in [5, 5.41) is 17.9. The first-order valence-electron chi connectivity index (χ1n) is 5.10. The Morgan fingerprint density at radius 3 is 2.53 bits per heavy atom. The number of aromatic nitrogens is 2. The number of hydrogen-bond donors (Lipinski definition) is 2. The number of carboxylic acids is 1. The molecule has 0 saturated heterocycles. The summed E-state index contributed by atoms with van der Waals surface area (Å²) >= 11 is 0.662. The third-order valence-corrected chi connectivity index (χ3v) is 5.02. The predicted molar refractivity (Wildman–Crippen MR) is 66.3 cm³/mol. The first-order valence-corrected chi connectivity index (χ1v) is 7.36. The van der Waals surface area contributed by atoms with E-state index in [0.29, 0.717) is 11.3 Å². The van der Waals surface area contributed by atoms with Crippen molar-refractivity contribution in [3.8, 4) is 0 Å². The molecule has 1 amide bonds. The molecule has 9 nitrogen and oxygen atoms in total. The van der Waals surface area contributed by atoms with Gasteiger partial charge in [0.05, 0.1) is 0 Å². The summed E-state index contributed by atoms with van der Waals surface area (Å²) in [7, 11) is -4.02. The minimum atomic E-state index is -4.02. The average Bonchev–Trinajstić information content (AvgIpc) is 2.73. The van der Waals surface area contributed by atoms with Gasteiger partial charge in [-0.05, 0) is 0 Å². The second kappa shape index (κ2) is 6.04. The molecule has 0 aliphatic heterocycles. The zero-order chi connectivity index (χ0) is 14.6. The van der Waals surface area contributed by atoms with E-state index in [1.165, 1.54) is 13.8 Å². The number of rotatable bonds is 6. The van der Waals surface area contributed by atoms with Crippen molar-refractivity contribution in [2.24, 2.45) is 0 Å². The van der Waals surface area contributed by atoms with E-state index < -0.39 is 28.4 Å². The van der Waals surface area contributed by atoms with Gasteiger partial charge in [-0.2, -0.15) is 4.31 Å². The number of anilines is 1. The van der Waals surface area contributed by atoms with Crippen LogP contribution in [0.4, 0.5) is 5.13 Å². The molecule has 0 spiro atoms. The number of likely N-dealkylation sites (N-methyl/N-ethyl adjacent to an activating group) is 1. The molecule has 0 fully saturated rings. The molecule has 0 aliphatic carbocycles. The molecule has 0 saturated carbocycles. The number of carbonyl (C=O) groups excluding carboxylic acids is 1. The molecule has 2 N–H and O–H groups in total. The van der Waals surface area contributed by atoms with Gasteiger partial charge in [0.1, 0.15) is 6.54 Å². The molecule has 1 aromatic heterocycles. The number of nitrogens with zero attached hydrogens (tertiary/aromatic N) is 3. The maximum absolute atomic E-state index is 12.1. The Balaban J connectivity index is 3.01. The summed E-state index contributed by atoms with van der Waals surface area (Å²) in [6.45, 7) is 2.09. The van der Waals surface area contributed by atoms with Crippen molar-refractivity contribution in [1.82, 2.24) is 14.5 Å². The molecule has 0 aromatic carbocycles. The Bertz CT molecular complexity index is 582. The van der Waals surface area contributed by atoms with Crippen molar-refractivity contribution in [2.75, 3.05) is 18.4 Å². The second-order valence-electron chi connectivity index (χ2n) is 3.38. The van der Waals surface area contributed by atoms with Crippen molar-refractivity contribution < 1.29 is 23.1 Å². The molecular weight excluding hydrogens is 296 g/mol. The van der Waals surface area contributed by atoms with E-state index in [9.17, 15) is 18.0 Å². The number of hydrogen-bond acceptors (Lipinski definition) is 7. The number of carbonyl (C=O) groups is 2. The number of amides is 1. The Hall–Kier alpha value is -1.59. The number of sulfonamides is 1. The Morgan fingerprint density at radius 1 is 1.42 bits per heavy atom. The molecule has 0 unspecified atom stereocenters. The molecular formula is C8H12N4O5S2. The van der Waals surface area contributed by atoms with E-state index >= 15 is 0 Å². The first kappa shape index (κ1) is 15.5.